The Balaban J connectivity index is 2.14. The van der Waals surface area contributed by atoms with E-state index in [2.05, 4.69) is 58.1 Å². The van der Waals surface area contributed by atoms with E-state index >= 15 is 0 Å². The number of rotatable bonds is 1. The molecule has 0 amide bonds. The molecule has 2 aromatic carbocycles. The van der Waals surface area contributed by atoms with Gasteiger partial charge < -0.3 is 10.6 Å². The second-order valence-corrected chi connectivity index (χ2v) is 5.67. The lowest BCUT2D eigenvalue weighted by Crippen LogP contribution is -2.24. The Labute approximate surface area is 116 Å². The van der Waals surface area contributed by atoms with Crippen LogP contribution in [-0.2, 0) is 6.42 Å². The van der Waals surface area contributed by atoms with E-state index in [1.54, 1.807) is 0 Å². The molecule has 1 atom stereocenters. The van der Waals surface area contributed by atoms with Crippen molar-refractivity contribution in [2.24, 2.45) is 0 Å². The van der Waals surface area contributed by atoms with Crippen LogP contribution >= 0.6 is 15.9 Å². The summed E-state index contributed by atoms with van der Waals surface area (Å²) in [6, 6.07) is 15.0. The summed E-state index contributed by atoms with van der Waals surface area (Å²) in [6.45, 7) is 2.24. The number of fused-ring (bicyclic) bond motifs is 1. The van der Waals surface area contributed by atoms with E-state index in [1.165, 1.54) is 11.3 Å². The Morgan fingerprint density at radius 3 is 2.78 bits per heavy atom. The van der Waals surface area contributed by atoms with Gasteiger partial charge in [-0.05, 0) is 43.2 Å². The third kappa shape index (κ3) is 1.79. The van der Waals surface area contributed by atoms with Crippen molar-refractivity contribution >= 4 is 33.0 Å². The molecule has 18 heavy (non-hydrogen) atoms. The molecule has 0 bridgehead atoms. The van der Waals surface area contributed by atoms with Crippen molar-refractivity contribution in [2.45, 2.75) is 19.4 Å². The van der Waals surface area contributed by atoms with E-state index in [0.717, 1.165) is 22.3 Å². The van der Waals surface area contributed by atoms with Gasteiger partial charge >= 0.3 is 0 Å². The molecular formula is C15H15BrN2. The zero-order chi connectivity index (χ0) is 12.7. The van der Waals surface area contributed by atoms with E-state index in [4.69, 9.17) is 5.73 Å². The van der Waals surface area contributed by atoms with Crippen LogP contribution in [-0.4, -0.2) is 6.04 Å². The lowest BCUT2D eigenvalue weighted by Gasteiger charge is -2.26. The van der Waals surface area contributed by atoms with Gasteiger partial charge in [0.05, 0.1) is 11.4 Å². The first kappa shape index (κ1) is 11.6. The second kappa shape index (κ2) is 4.32. The first-order valence-corrected chi connectivity index (χ1v) is 6.88. The summed E-state index contributed by atoms with van der Waals surface area (Å²) < 4.78 is 1.06. The molecule has 0 radical (unpaired) electrons. The van der Waals surface area contributed by atoms with E-state index in [1.807, 2.05) is 12.1 Å². The van der Waals surface area contributed by atoms with Crippen LogP contribution in [0.1, 0.15) is 12.5 Å². The van der Waals surface area contributed by atoms with Crippen LogP contribution in [0.3, 0.4) is 0 Å². The first-order chi connectivity index (χ1) is 8.66. The lowest BCUT2D eigenvalue weighted by molar-refractivity contribution is 0.759. The molecule has 1 heterocycles. The molecule has 1 aliphatic heterocycles. The van der Waals surface area contributed by atoms with Crippen LogP contribution in [0.2, 0.25) is 0 Å². The molecule has 92 valence electrons. The van der Waals surface area contributed by atoms with Crippen molar-refractivity contribution in [2.75, 3.05) is 10.6 Å². The number of hydrogen-bond donors (Lipinski definition) is 1. The van der Waals surface area contributed by atoms with Crippen molar-refractivity contribution in [3.63, 3.8) is 0 Å². The first-order valence-electron chi connectivity index (χ1n) is 6.09. The molecule has 0 fully saturated rings. The number of halogens is 1. The van der Waals surface area contributed by atoms with Gasteiger partial charge in [-0.1, -0.05) is 34.1 Å². The molecule has 2 nitrogen and oxygen atoms in total. The van der Waals surface area contributed by atoms with Gasteiger partial charge in [-0.2, -0.15) is 0 Å². The summed E-state index contributed by atoms with van der Waals surface area (Å²) in [5, 5.41) is 0. The van der Waals surface area contributed by atoms with E-state index < -0.39 is 0 Å². The van der Waals surface area contributed by atoms with Gasteiger partial charge in [0.2, 0.25) is 0 Å². The molecule has 2 aromatic rings. The largest absolute Gasteiger partial charge is 0.397 e. The molecule has 3 heteroatoms. The van der Waals surface area contributed by atoms with Crippen molar-refractivity contribution in [1.29, 1.82) is 0 Å². The van der Waals surface area contributed by atoms with Crippen LogP contribution in [0.15, 0.2) is 46.9 Å². The maximum Gasteiger partial charge on any atom is 0.0658 e. The predicted octanol–water partition coefficient (Wildman–Crippen LogP) is 4.11. The Kier molecular flexibility index (Phi) is 2.78. The highest BCUT2D eigenvalue weighted by atomic mass is 79.9. The summed E-state index contributed by atoms with van der Waals surface area (Å²) in [5.74, 6) is 0. The van der Waals surface area contributed by atoms with Crippen molar-refractivity contribution in [3.8, 4) is 0 Å². The molecule has 2 N–H and O–H groups in total. The molecule has 0 saturated heterocycles. The fourth-order valence-corrected chi connectivity index (χ4v) is 3.01. The van der Waals surface area contributed by atoms with Gasteiger partial charge in [0.1, 0.15) is 0 Å². The SMILES string of the molecule is CC1Cc2ccccc2N1c1cc(Br)ccc1N. The molecule has 0 aromatic heterocycles. The standard InChI is InChI=1S/C15H15BrN2/c1-10-8-11-4-2-3-5-14(11)18(10)15-9-12(16)6-7-13(15)17/h2-7,9-10H,8,17H2,1H3. The monoisotopic (exact) mass is 302 g/mol. The van der Waals surface area contributed by atoms with E-state index in [9.17, 15) is 0 Å². The Bertz CT molecular complexity index is 595. The topological polar surface area (TPSA) is 29.3 Å². The molecule has 3 rings (SSSR count). The van der Waals surface area contributed by atoms with Crippen LogP contribution < -0.4 is 10.6 Å². The van der Waals surface area contributed by atoms with Crippen molar-refractivity contribution in [1.82, 2.24) is 0 Å². The number of benzene rings is 2. The summed E-state index contributed by atoms with van der Waals surface area (Å²) in [6.07, 6.45) is 1.07. The van der Waals surface area contributed by atoms with Gasteiger partial charge in [0, 0.05) is 16.2 Å². The third-order valence-electron chi connectivity index (χ3n) is 3.46. The quantitative estimate of drug-likeness (QED) is 0.803. The molecule has 1 unspecified atom stereocenters. The van der Waals surface area contributed by atoms with Crippen molar-refractivity contribution < 1.29 is 0 Å². The van der Waals surface area contributed by atoms with E-state index in [0.29, 0.717) is 6.04 Å². The number of nitrogens with zero attached hydrogens (tertiary/aromatic N) is 1. The number of nitrogens with two attached hydrogens (primary N) is 1. The number of para-hydroxylation sites is 1. The van der Waals surface area contributed by atoms with Crippen LogP contribution in [0.4, 0.5) is 17.1 Å². The average Bonchev–Trinajstić information content (AvgIpc) is 2.68. The van der Waals surface area contributed by atoms with Gasteiger partial charge in [-0.25, -0.2) is 0 Å². The zero-order valence-corrected chi connectivity index (χ0v) is 11.8. The number of nitrogen functional groups attached to an aromatic ring is 1. The minimum Gasteiger partial charge on any atom is -0.397 e. The molecule has 0 spiro atoms. The van der Waals surface area contributed by atoms with Gasteiger partial charge in [0.25, 0.3) is 0 Å². The highest BCUT2D eigenvalue weighted by Gasteiger charge is 2.27. The molecule has 1 aliphatic rings. The lowest BCUT2D eigenvalue weighted by atomic mass is 10.1. The molecule has 0 aliphatic carbocycles. The van der Waals surface area contributed by atoms with Gasteiger partial charge in [-0.3, -0.25) is 0 Å². The summed E-state index contributed by atoms with van der Waals surface area (Å²) >= 11 is 3.52. The predicted molar refractivity (Wildman–Crippen MR) is 80.3 cm³/mol. The fraction of sp³-hybridized carbons (Fsp3) is 0.200. The van der Waals surface area contributed by atoms with Crippen LogP contribution in [0, 0.1) is 0 Å². The normalized spacial score (nSPS) is 17.9. The minimum absolute atomic E-state index is 0.444. The minimum atomic E-state index is 0.444. The summed E-state index contributed by atoms with van der Waals surface area (Å²) in [4.78, 5) is 2.33. The zero-order valence-electron chi connectivity index (χ0n) is 10.2. The Morgan fingerprint density at radius 2 is 1.94 bits per heavy atom. The highest BCUT2D eigenvalue weighted by Crippen LogP contribution is 2.41. The maximum atomic E-state index is 6.13. The Hall–Kier alpha value is -1.48. The van der Waals surface area contributed by atoms with E-state index in [-0.39, 0.29) is 0 Å². The van der Waals surface area contributed by atoms with Crippen LogP contribution in [0.5, 0.6) is 0 Å². The number of anilines is 3. The number of hydrogen-bond acceptors (Lipinski definition) is 2. The smallest absolute Gasteiger partial charge is 0.0658 e. The summed E-state index contributed by atoms with van der Waals surface area (Å²) in [5.41, 5.74) is 10.7. The maximum absolute atomic E-state index is 6.13. The summed E-state index contributed by atoms with van der Waals surface area (Å²) in [7, 11) is 0. The van der Waals surface area contributed by atoms with Crippen molar-refractivity contribution in [3.05, 3.63) is 52.5 Å². The second-order valence-electron chi connectivity index (χ2n) is 4.75. The molecular weight excluding hydrogens is 288 g/mol. The third-order valence-corrected chi connectivity index (χ3v) is 3.95. The fourth-order valence-electron chi connectivity index (χ4n) is 2.66. The molecule has 0 saturated carbocycles. The highest BCUT2D eigenvalue weighted by molar-refractivity contribution is 9.10. The van der Waals surface area contributed by atoms with Gasteiger partial charge in [0.15, 0.2) is 0 Å². The van der Waals surface area contributed by atoms with Crippen LogP contribution in [0.25, 0.3) is 0 Å². The Morgan fingerprint density at radius 1 is 1.17 bits per heavy atom. The average molecular weight is 303 g/mol. The van der Waals surface area contributed by atoms with Gasteiger partial charge in [-0.15, -0.1) is 0 Å².